The molecule has 2 aromatic carbocycles. The Bertz CT molecular complexity index is 1300. The van der Waals surface area contributed by atoms with Crippen LogP contribution in [0.4, 0.5) is 4.79 Å². The maximum Gasteiger partial charge on any atom is 0.344 e. The average Bonchev–Trinajstić information content (AvgIpc) is 2.95. The Kier molecular flexibility index (Phi) is 11.3. The van der Waals surface area contributed by atoms with Crippen LogP contribution in [0.25, 0.3) is 0 Å². The van der Waals surface area contributed by atoms with Crippen LogP contribution in [0.2, 0.25) is 0 Å². The van der Waals surface area contributed by atoms with Crippen LogP contribution in [0.15, 0.2) is 58.8 Å². The van der Waals surface area contributed by atoms with Gasteiger partial charge in [-0.3, -0.25) is 5.43 Å². The number of esters is 2. The van der Waals surface area contributed by atoms with Crippen LogP contribution < -0.4 is 30.3 Å². The smallest absolute Gasteiger partial charge is 0.344 e. The number of carbonyl (C=O) groups is 3. The zero-order valence-corrected chi connectivity index (χ0v) is 23.3. The Morgan fingerprint density at radius 2 is 1.85 bits per heavy atom. The van der Waals surface area contributed by atoms with Crippen LogP contribution in [0.3, 0.4) is 0 Å². The molecule has 13 nitrogen and oxygen atoms in total. The van der Waals surface area contributed by atoms with Crippen molar-refractivity contribution in [3.63, 3.8) is 0 Å². The van der Waals surface area contributed by atoms with Gasteiger partial charge in [-0.05, 0) is 50.6 Å². The molecule has 3 rings (SSSR count). The van der Waals surface area contributed by atoms with Gasteiger partial charge in [0.15, 0.2) is 24.3 Å². The lowest BCUT2D eigenvalue weighted by atomic mass is 9.95. The largest absolute Gasteiger partial charge is 0.490 e. The molecule has 2 amide bonds. The molecule has 0 saturated heterocycles. The van der Waals surface area contributed by atoms with Crippen LogP contribution in [-0.4, -0.2) is 69.1 Å². The number of urea groups is 1. The number of nitrogens with zero attached hydrogens (tertiary/aromatic N) is 1. The van der Waals surface area contributed by atoms with Crippen molar-refractivity contribution < 1.29 is 43.2 Å². The number of rotatable bonds is 14. The molecule has 220 valence electrons. The van der Waals surface area contributed by atoms with Gasteiger partial charge < -0.3 is 39.4 Å². The number of benzene rings is 2. The first kappa shape index (κ1) is 30.8. The Balaban J connectivity index is 1.65. The second-order valence-corrected chi connectivity index (χ2v) is 8.55. The quantitative estimate of drug-likeness (QED) is 0.114. The number of aliphatic hydroxyl groups excluding tert-OH is 1. The molecular formula is C28H34N4O9. The van der Waals surface area contributed by atoms with Crippen LogP contribution in [0, 0.1) is 0 Å². The fraction of sp³-hybridized carbons (Fsp3) is 0.357. The minimum absolute atomic E-state index is 0.186. The second kappa shape index (κ2) is 15.1. The summed E-state index contributed by atoms with van der Waals surface area (Å²) in [6.45, 7) is 5.27. The molecule has 1 aliphatic rings. The van der Waals surface area contributed by atoms with Gasteiger partial charge in [-0.1, -0.05) is 18.2 Å². The summed E-state index contributed by atoms with van der Waals surface area (Å²) in [5.74, 6) is 0.0342. The molecule has 1 heterocycles. The number of hydrogen-bond acceptors (Lipinski definition) is 11. The fourth-order valence-corrected chi connectivity index (χ4v) is 3.87. The van der Waals surface area contributed by atoms with Crippen molar-refractivity contribution in [3.8, 4) is 17.2 Å². The molecule has 0 aromatic heterocycles. The van der Waals surface area contributed by atoms with E-state index in [4.69, 9.17) is 23.7 Å². The summed E-state index contributed by atoms with van der Waals surface area (Å²) >= 11 is 0. The third kappa shape index (κ3) is 8.60. The van der Waals surface area contributed by atoms with Gasteiger partial charge in [0.25, 0.3) is 0 Å². The number of aliphatic hydroxyl groups is 1. The normalized spacial score (nSPS) is 15.4. The van der Waals surface area contributed by atoms with Crippen molar-refractivity contribution in [2.24, 2.45) is 5.10 Å². The number of nitrogens with one attached hydrogen (secondary N) is 3. The van der Waals surface area contributed by atoms with E-state index < -0.39 is 30.2 Å². The lowest BCUT2D eigenvalue weighted by molar-refractivity contribution is -0.145. The Hall–Kier alpha value is -4.78. The second-order valence-electron chi connectivity index (χ2n) is 8.55. The molecular weight excluding hydrogens is 536 g/mol. The highest BCUT2D eigenvalue weighted by molar-refractivity contribution is 5.95. The monoisotopic (exact) mass is 570 g/mol. The maximum atomic E-state index is 12.4. The van der Waals surface area contributed by atoms with E-state index in [2.05, 4.69) is 21.2 Å². The molecule has 0 spiro atoms. The standard InChI is InChI=1S/C28H34N4O9/c1-5-38-22-13-18(26-25(27(35)37-4)17(3)30-28(36)31-26)11-12-21(22)40-15-23(33)32-29-14-19-9-7-8-10-20(19)41-16-24(34)39-6-2/h7-14,23,26,32-33H,5-6,15-16H2,1-4H3,(H2,30,31,36)/b29-14+/t23-,26-/m1/s1. The summed E-state index contributed by atoms with van der Waals surface area (Å²) in [5.41, 5.74) is 4.35. The highest BCUT2D eigenvalue weighted by atomic mass is 16.6. The minimum atomic E-state index is -1.19. The summed E-state index contributed by atoms with van der Waals surface area (Å²) in [6, 6.07) is 10.7. The summed E-state index contributed by atoms with van der Waals surface area (Å²) in [5, 5.41) is 19.7. The molecule has 0 radical (unpaired) electrons. The molecule has 1 aliphatic heterocycles. The van der Waals surface area contributed by atoms with Gasteiger partial charge in [-0.2, -0.15) is 5.10 Å². The Labute approximate surface area is 237 Å². The van der Waals surface area contributed by atoms with Gasteiger partial charge in [0.1, 0.15) is 12.4 Å². The number of hydrogen-bond donors (Lipinski definition) is 4. The lowest BCUT2D eigenvalue weighted by Gasteiger charge is -2.28. The fourth-order valence-electron chi connectivity index (χ4n) is 3.87. The van der Waals surface area contributed by atoms with Crippen molar-refractivity contribution in [2.45, 2.75) is 33.0 Å². The Morgan fingerprint density at radius 1 is 1.07 bits per heavy atom. The number of amides is 2. The van der Waals surface area contributed by atoms with E-state index in [0.717, 1.165) is 0 Å². The van der Waals surface area contributed by atoms with Gasteiger partial charge in [-0.15, -0.1) is 0 Å². The molecule has 0 unspecified atom stereocenters. The third-order valence-electron chi connectivity index (χ3n) is 5.67. The zero-order valence-electron chi connectivity index (χ0n) is 23.3. The van der Waals surface area contributed by atoms with Gasteiger partial charge in [0, 0.05) is 11.3 Å². The first-order valence-electron chi connectivity index (χ1n) is 12.9. The number of para-hydroxylation sites is 1. The van der Waals surface area contributed by atoms with E-state index in [0.29, 0.717) is 40.7 Å². The molecule has 13 heteroatoms. The molecule has 0 saturated carbocycles. The molecule has 0 aliphatic carbocycles. The summed E-state index contributed by atoms with van der Waals surface area (Å²) in [4.78, 5) is 36.1. The Morgan fingerprint density at radius 3 is 2.59 bits per heavy atom. The molecule has 2 aromatic rings. The first-order valence-corrected chi connectivity index (χ1v) is 12.9. The number of hydrazone groups is 1. The summed E-state index contributed by atoms with van der Waals surface area (Å²) in [6.07, 6.45) is 0.250. The topological polar surface area (TPSA) is 166 Å². The first-order chi connectivity index (χ1) is 19.8. The van der Waals surface area contributed by atoms with Gasteiger partial charge in [0.05, 0.1) is 38.2 Å². The lowest BCUT2D eigenvalue weighted by Crippen LogP contribution is -2.45. The van der Waals surface area contributed by atoms with Crippen molar-refractivity contribution in [2.75, 3.05) is 33.5 Å². The SMILES string of the molecule is CCOC(=O)COc1ccccc1/C=N/N[C@H](O)COc1ccc([C@H]2NC(=O)NC(C)=C2C(=O)OC)cc1OCC. The van der Waals surface area contributed by atoms with Crippen molar-refractivity contribution in [1.82, 2.24) is 16.1 Å². The highest BCUT2D eigenvalue weighted by Crippen LogP contribution is 2.34. The highest BCUT2D eigenvalue weighted by Gasteiger charge is 2.32. The number of carbonyl (C=O) groups excluding carboxylic acids is 3. The van der Waals surface area contributed by atoms with Crippen molar-refractivity contribution in [1.29, 1.82) is 0 Å². The van der Waals surface area contributed by atoms with Crippen molar-refractivity contribution >= 4 is 24.2 Å². The zero-order chi connectivity index (χ0) is 29.8. The third-order valence-corrected chi connectivity index (χ3v) is 5.67. The predicted octanol–water partition coefficient (Wildman–Crippen LogP) is 2.15. The maximum absolute atomic E-state index is 12.4. The van der Waals surface area contributed by atoms with Crippen LogP contribution in [0.1, 0.15) is 37.9 Å². The van der Waals surface area contributed by atoms with E-state index in [1.807, 2.05) is 0 Å². The number of ether oxygens (including phenoxy) is 5. The van der Waals surface area contributed by atoms with Crippen LogP contribution >= 0.6 is 0 Å². The summed E-state index contributed by atoms with van der Waals surface area (Å²) in [7, 11) is 1.26. The summed E-state index contributed by atoms with van der Waals surface area (Å²) < 4.78 is 26.7. The van der Waals surface area contributed by atoms with Gasteiger partial charge in [-0.25, -0.2) is 14.4 Å². The average molecular weight is 571 g/mol. The van der Waals surface area contributed by atoms with Crippen LogP contribution in [0.5, 0.6) is 17.2 Å². The minimum Gasteiger partial charge on any atom is -0.490 e. The molecule has 0 bridgehead atoms. The molecule has 4 N–H and O–H groups in total. The molecule has 0 fully saturated rings. The molecule has 41 heavy (non-hydrogen) atoms. The van der Waals surface area contributed by atoms with E-state index >= 15 is 0 Å². The van der Waals surface area contributed by atoms with E-state index in [1.54, 1.807) is 63.2 Å². The van der Waals surface area contributed by atoms with E-state index in [-0.39, 0.29) is 25.4 Å². The number of methoxy groups -OCH3 is 1. The number of allylic oxidation sites excluding steroid dienone is 1. The van der Waals surface area contributed by atoms with Gasteiger partial charge in [0.2, 0.25) is 0 Å². The van der Waals surface area contributed by atoms with Crippen LogP contribution in [-0.2, 0) is 19.1 Å². The van der Waals surface area contributed by atoms with Crippen molar-refractivity contribution in [3.05, 3.63) is 64.9 Å². The predicted molar refractivity (Wildman–Crippen MR) is 148 cm³/mol. The molecule has 2 atom stereocenters. The van der Waals surface area contributed by atoms with E-state index in [1.165, 1.54) is 13.3 Å². The van der Waals surface area contributed by atoms with E-state index in [9.17, 15) is 19.5 Å². The van der Waals surface area contributed by atoms with Gasteiger partial charge >= 0.3 is 18.0 Å².